The molecule has 1 saturated heterocycles. The first-order valence-corrected chi connectivity index (χ1v) is 12.6. The number of nitrogens with two attached hydrogens (primary N) is 1. The molecule has 9 heteroatoms. The number of rotatable bonds is 4. The Morgan fingerprint density at radius 2 is 2.08 bits per heavy atom. The van der Waals surface area contributed by atoms with Gasteiger partial charge in [-0.25, -0.2) is 0 Å². The van der Waals surface area contributed by atoms with Crippen LogP contribution in [0, 0.1) is 5.41 Å². The fraction of sp³-hybridized carbons (Fsp3) is 0.296. The Bertz CT molecular complexity index is 1650. The van der Waals surface area contributed by atoms with Gasteiger partial charge < -0.3 is 25.7 Å². The number of nitrogens with one attached hydrogen (secondary N) is 2. The summed E-state index contributed by atoms with van der Waals surface area (Å²) in [6, 6.07) is 14.3. The van der Waals surface area contributed by atoms with Crippen LogP contribution in [0.5, 0.6) is 11.8 Å². The number of piperidine rings is 1. The number of para-hydroxylation sites is 1. The molecule has 36 heavy (non-hydrogen) atoms. The first kappa shape index (κ1) is 21.6. The lowest BCUT2D eigenvalue weighted by Crippen LogP contribution is -2.39. The Morgan fingerprint density at radius 1 is 1.22 bits per heavy atom. The Kier molecular flexibility index (Phi) is 4.78. The summed E-state index contributed by atoms with van der Waals surface area (Å²) in [6.45, 7) is 1.78. The third-order valence-electron chi connectivity index (χ3n) is 7.69. The molecule has 0 radical (unpaired) electrons. The van der Waals surface area contributed by atoms with Crippen molar-refractivity contribution in [2.45, 2.75) is 25.3 Å². The van der Waals surface area contributed by atoms with Crippen LogP contribution in [0.2, 0.25) is 5.02 Å². The highest BCUT2D eigenvalue weighted by Crippen LogP contribution is 2.52. The van der Waals surface area contributed by atoms with E-state index in [1.54, 1.807) is 6.20 Å². The maximum atomic E-state index is 6.50. The number of aromatic nitrogens is 4. The first-order valence-electron chi connectivity index (χ1n) is 12.3. The second-order valence-electron chi connectivity index (χ2n) is 9.97. The molecule has 2 aromatic carbocycles. The standard InChI is InChI=1S/C27H26ClN7O/c1-30-20-11-16(28)10-18-22-24(32-23(18)20)33-26(36-17-9-15-5-2-3-6-19(15)31-13-17)34-25(22)35-8-4-7-27(14-35)12-21(27)29/h2-3,5-6,9-11,13,21,30H,4,7-8,12,14,29H2,1H3,(H,32,33,34). The minimum Gasteiger partial charge on any atom is -0.423 e. The summed E-state index contributed by atoms with van der Waals surface area (Å²) in [5, 5.41) is 6.81. The topological polar surface area (TPSA) is 105 Å². The molecule has 0 bridgehead atoms. The number of ether oxygens (including phenoxy) is 1. The molecule has 1 aliphatic carbocycles. The van der Waals surface area contributed by atoms with Crippen molar-refractivity contribution in [1.82, 2.24) is 19.9 Å². The van der Waals surface area contributed by atoms with E-state index in [1.165, 1.54) is 0 Å². The van der Waals surface area contributed by atoms with Gasteiger partial charge in [0.1, 0.15) is 17.2 Å². The zero-order valence-electron chi connectivity index (χ0n) is 19.9. The summed E-state index contributed by atoms with van der Waals surface area (Å²) < 4.78 is 6.19. The van der Waals surface area contributed by atoms with Crippen molar-refractivity contribution in [3.63, 3.8) is 0 Å². The van der Waals surface area contributed by atoms with E-state index in [1.807, 2.05) is 49.5 Å². The van der Waals surface area contributed by atoms with Gasteiger partial charge in [-0.1, -0.05) is 29.8 Å². The van der Waals surface area contributed by atoms with Gasteiger partial charge in [0.15, 0.2) is 0 Å². The number of aromatic amines is 1. The van der Waals surface area contributed by atoms with Gasteiger partial charge in [0.25, 0.3) is 0 Å². The van der Waals surface area contributed by atoms with Gasteiger partial charge in [-0.2, -0.15) is 9.97 Å². The van der Waals surface area contributed by atoms with Crippen molar-refractivity contribution in [2.24, 2.45) is 11.1 Å². The highest BCUT2D eigenvalue weighted by atomic mass is 35.5. The Morgan fingerprint density at radius 3 is 2.92 bits per heavy atom. The fourth-order valence-corrected chi connectivity index (χ4v) is 5.92. The molecule has 1 spiro atoms. The van der Waals surface area contributed by atoms with E-state index >= 15 is 0 Å². The smallest absolute Gasteiger partial charge is 0.326 e. The number of nitrogens with zero attached hydrogens (tertiary/aromatic N) is 4. The number of pyridine rings is 1. The second-order valence-corrected chi connectivity index (χ2v) is 10.4. The number of H-pyrrole nitrogens is 1. The van der Waals surface area contributed by atoms with Gasteiger partial charge in [0.2, 0.25) is 0 Å². The first-order chi connectivity index (χ1) is 17.5. The van der Waals surface area contributed by atoms with Crippen molar-refractivity contribution in [2.75, 3.05) is 30.4 Å². The molecule has 8 nitrogen and oxygen atoms in total. The zero-order chi connectivity index (χ0) is 24.4. The van der Waals surface area contributed by atoms with Crippen molar-refractivity contribution in [3.8, 4) is 11.8 Å². The minimum absolute atomic E-state index is 0.179. The van der Waals surface area contributed by atoms with Crippen LogP contribution < -0.4 is 20.7 Å². The molecule has 4 N–H and O–H groups in total. The van der Waals surface area contributed by atoms with Crippen LogP contribution in [0.4, 0.5) is 11.5 Å². The largest absolute Gasteiger partial charge is 0.423 e. The van der Waals surface area contributed by atoms with Crippen LogP contribution in [0.1, 0.15) is 19.3 Å². The summed E-state index contributed by atoms with van der Waals surface area (Å²) in [6.07, 6.45) is 5.01. The molecule has 7 rings (SSSR count). The number of halogens is 1. The summed E-state index contributed by atoms with van der Waals surface area (Å²) >= 11 is 6.50. The van der Waals surface area contributed by atoms with E-state index in [-0.39, 0.29) is 17.5 Å². The zero-order valence-corrected chi connectivity index (χ0v) is 20.6. The maximum absolute atomic E-state index is 6.50. The maximum Gasteiger partial charge on any atom is 0.326 e. The summed E-state index contributed by atoms with van der Waals surface area (Å²) in [5.41, 5.74) is 10.0. The van der Waals surface area contributed by atoms with E-state index < -0.39 is 0 Å². The molecule has 182 valence electrons. The molecule has 4 heterocycles. The molecular formula is C27H26ClN7O. The molecule has 3 aromatic heterocycles. The molecule has 5 aromatic rings. The fourth-order valence-electron chi connectivity index (χ4n) is 5.70. The molecule has 2 fully saturated rings. The molecule has 0 amide bonds. The van der Waals surface area contributed by atoms with Gasteiger partial charge in [-0.15, -0.1) is 0 Å². The lowest BCUT2D eigenvalue weighted by molar-refractivity contribution is 0.379. The van der Waals surface area contributed by atoms with Gasteiger partial charge >= 0.3 is 6.01 Å². The average Bonchev–Trinajstić information content (AvgIpc) is 3.33. The molecule has 1 aliphatic heterocycles. The van der Waals surface area contributed by atoms with Crippen molar-refractivity contribution >= 4 is 55.9 Å². The Balaban J connectivity index is 1.39. The van der Waals surface area contributed by atoms with E-state index in [4.69, 9.17) is 32.0 Å². The number of anilines is 2. The summed E-state index contributed by atoms with van der Waals surface area (Å²) in [5.74, 6) is 1.44. The van der Waals surface area contributed by atoms with Crippen molar-refractivity contribution < 1.29 is 4.74 Å². The summed E-state index contributed by atoms with van der Waals surface area (Å²) in [7, 11) is 1.88. The normalized spacial score (nSPS) is 21.5. The van der Waals surface area contributed by atoms with E-state index in [9.17, 15) is 0 Å². The number of hydrogen-bond donors (Lipinski definition) is 3. The Labute approximate surface area is 212 Å². The third kappa shape index (κ3) is 3.43. The third-order valence-corrected chi connectivity index (χ3v) is 7.91. The SMILES string of the molecule is CNc1cc(Cl)cc2c1[nH]c1nc(Oc3cnc4ccccc4c3)nc(N3CCCC4(CC4N)C3)c12. The van der Waals surface area contributed by atoms with Crippen LogP contribution in [0.3, 0.4) is 0 Å². The van der Waals surface area contributed by atoms with Gasteiger partial charge in [-0.3, -0.25) is 4.98 Å². The van der Waals surface area contributed by atoms with Gasteiger partial charge in [0.05, 0.1) is 28.3 Å². The van der Waals surface area contributed by atoms with Crippen LogP contribution in [0.15, 0.2) is 48.7 Å². The van der Waals surface area contributed by atoms with Crippen LogP contribution in [-0.4, -0.2) is 46.1 Å². The molecule has 2 atom stereocenters. The van der Waals surface area contributed by atoms with E-state index in [0.29, 0.717) is 16.4 Å². The van der Waals surface area contributed by atoms with E-state index in [2.05, 4.69) is 20.2 Å². The monoisotopic (exact) mass is 499 g/mol. The van der Waals surface area contributed by atoms with Gasteiger partial charge in [-0.05, 0) is 43.5 Å². The second kappa shape index (κ2) is 7.94. The highest BCUT2D eigenvalue weighted by Gasteiger charge is 2.54. The highest BCUT2D eigenvalue weighted by molar-refractivity contribution is 6.32. The minimum atomic E-state index is 0.179. The molecule has 2 aliphatic rings. The predicted molar refractivity (Wildman–Crippen MR) is 144 cm³/mol. The number of fused-ring (bicyclic) bond motifs is 4. The predicted octanol–water partition coefficient (Wildman–Crippen LogP) is 5.46. The molecule has 1 saturated carbocycles. The molecular weight excluding hydrogens is 474 g/mol. The average molecular weight is 500 g/mol. The van der Waals surface area contributed by atoms with Crippen molar-refractivity contribution in [1.29, 1.82) is 0 Å². The quantitative estimate of drug-likeness (QED) is 0.301. The van der Waals surface area contributed by atoms with Crippen LogP contribution >= 0.6 is 11.6 Å². The number of benzene rings is 2. The lowest BCUT2D eigenvalue weighted by Gasteiger charge is -2.34. The summed E-state index contributed by atoms with van der Waals surface area (Å²) in [4.78, 5) is 20.1. The van der Waals surface area contributed by atoms with Crippen LogP contribution in [0.25, 0.3) is 32.8 Å². The van der Waals surface area contributed by atoms with E-state index in [0.717, 1.165) is 71.0 Å². The van der Waals surface area contributed by atoms with Crippen LogP contribution in [-0.2, 0) is 0 Å². The number of hydrogen-bond acceptors (Lipinski definition) is 7. The molecule has 2 unspecified atom stereocenters. The van der Waals surface area contributed by atoms with Crippen molar-refractivity contribution in [3.05, 3.63) is 53.7 Å². The van der Waals surface area contributed by atoms with Gasteiger partial charge in [0, 0.05) is 47.4 Å². The lowest BCUT2D eigenvalue weighted by atomic mass is 9.94. The Hall–Kier alpha value is -3.62.